The van der Waals surface area contributed by atoms with Gasteiger partial charge in [-0.2, -0.15) is 8.78 Å². The molecular weight excluding hydrogens is 250 g/mol. The fourth-order valence-electron chi connectivity index (χ4n) is 1.38. The van der Waals surface area contributed by atoms with Gasteiger partial charge in [0.2, 0.25) is 0 Å². The van der Waals surface area contributed by atoms with Gasteiger partial charge in [-0.05, 0) is 19.4 Å². The van der Waals surface area contributed by atoms with Crippen molar-refractivity contribution in [3.05, 3.63) is 0 Å². The number of hydrogen-bond donors (Lipinski definition) is 1. The van der Waals surface area contributed by atoms with Crippen molar-refractivity contribution in [2.75, 3.05) is 19.8 Å². The summed E-state index contributed by atoms with van der Waals surface area (Å²) < 4.78 is 53.5. The molecule has 106 valence electrons. The zero-order chi connectivity index (χ0) is 14.0. The molecule has 1 N–H and O–H groups in total. The normalized spacial score (nSPS) is 13.6. The average molecular weight is 269 g/mol. The maximum atomic E-state index is 12.6. The molecule has 1 atom stereocenters. The fourth-order valence-corrected chi connectivity index (χ4v) is 1.38. The number of alkyl halides is 4. The number of rotatable bonds is 10. The van der Waals surface area contributed by atoms with Crippen LogP contribution in [0, 0.1) is 12.3 Å². The predicted molar refractivity (Wildman–Crippen MR) is 61.9 cm³/mol. The molecule has 0 rings (SSSR count). The summed E-state index contributed by atoms with van der Waals surface area (Å²) in [6.07, 6.45) is 3.39. The molecule has 0 heterocycles. The zero-order valence-electron chi connectivity index (χ0n) is 10.4. The lowest BCUT2D eigenvalue weighted by Crippen LogP contribution is -2.37. The van der Waals surface area contributed by atoms with Gasteiger partial charge in [-0.3, -0.25) is 0 Å². The number of ether oxygens (including phenoxy) is 1. The first-order chi connectivity index (χ1) is 8.44. The minimum absolute atomic E-state index is 0.0271. The molecule has 0 bridgehead atoms. The van der Waals surface area contributed by atoms with Crippen LogP contribution in [0.15, 0.2) is 0 Å². The van der Waals surface area contributed by atoms with E-state index < -0.39 is 19.0 Å². The molecule has 0 spiro atoms. The van der Waals surface area contributed by atoms with Crippen molar-refractivity contribution >= 4 is 0 Å². The first-order valence-corrected chi connectivity index (χ1v) is 5.84. The Morgan fingerprint density at radius 1 is 1.39 bits per heavy atom. The van der Waals surface area contributed by atoms with Crippen LogP contribution in [-0.4, -0.2) is 38.1 Å². The SMILES string of the molecule is C#CCCCC(COCC(F)(F)C(F)F)NCC. The summed E-state index contributed by atoms with van der Waals surface area (Å²) >= 11 is 0. The Labute approximate surface area is 105 Å². The van der Waals surface area contributed by atoms with Gasteiger partial charge in [-0.1, -0.05) is 6.92 Å². The minimum atomic E-state index is -4.09. The van der Waals surface area contributed by atoms with Crippen LogP contribution in [0.25, 0.3) is 0 Å². The number of hydrogen-bond acceptors (Lipinski definition) is 2. The second-order valence-electron chi connectivity index (χ2n) is 3.93. The van der Waals surface area contributed by atoms with Gasteiger partial charge in [0.15, 0.2) is 0 Å². The summed E-state index contributed by atoms with van der Waals surface area (Å²) in [6.45, 7) is 1.22. The minimum Gasteiger partial charge on any atom is -0.373 e. The molecule has 0 aliphatic carbocycles. The molecule has 6 heteroatoms. The Morgan fingerprint density at radius 2 is 2.06 bits per heavy atom. The molecule has 0 fully saturated rings. The molecule has 0 aromatic carbocycles. The third kappa shape index (κ3) is 7.51. The molecule has 0 saturated carbocycles. The average Bonchev–Trinajstić information content (AvgIpc) is 2.29. The first-order valence-electron chi connectivity index (χ1n) is 5.84. The maximum Gasteiger partial charge on any atom is 0.330 e. The number of unbranched alkanes of at least 4 members (excludes halogenated alkanes) is 1. The zero-order valence-corrected chi connectivity index (χ0v) is 10.4. The van der Waals surface area contributed by atoms with E-state index >= 15 is 0 Å². The molecule has 0 saturated heterocycles. The largest absolute Gasteiger partial charge is 0.373 e. The molecule has 0 aliphatic heterocycles. The van der Waals surface area contributed by atoms with Crippen molar-refractivity contribution in [1.29, 1.82) is 0 Å². The number of likely N-dealkylation sites (N-methyl/N-ethyl adjacent to an activating group) is 1. The van der Waals surface area contributed by atoms with Crippen LogP contribution >= 0.6 is 0 Å². The van der Waals surface area contributed by atoms with Gasteiger partial charge < -0.3 is 10.1 Å². The highest BCUT2D eigenvalue weighted by molar-refractivity contribution is 4.84. The molecule has 18 heavy (non-hydrogen) atoms. The lowest BCUT2D eigenvalue weighted by atomic mass is 10.1. The van der Waals surface area contributed by atoms with Crippen LogP contribution in [0.5, 0.6) is 0 Å². The summed E-state index contributed by atoms with van der Waals surface area (Å²) in [6, 6.07) is -0.142. The highest BCUT2D eigenvalue weighted by atomic mass is 19.3. The van der Waals surface area contributed by atoms with E-state index in [2.05, 4.69) is 16.0 Å². The van der Waals surface area contributed by atoms with Crippen LogP contribution in [0.2, 0.25) is 0 Å². The second kappa shape index (κ2) is 9.17. The molecule has 0 radical (unpaired) electrons. The molecule has 0 aromatic heterocycles. The van der Waals surface area contributed by atoms with Crippen molar-refractivity contribution in [3.8, 4) is 12.3 Å². The number of halogens is 4. The van der Waals surface area contributed by atoms with E-state index in [1.807, 2.05) is 6.92 Å². The van der Waals surface area contributed by atoms with Gasteiger partial charge in [0.1, 0.15) is 6.61 Å². The topological polar surface area (TPSA) is 21.3 Å². The molecule has 0 amide bonds. The summed E-state index contributed by atoms with van der Waals surface area (Å²) in [5.41, 5.74) is 0. The second-order valence-corrected chi connectivity index (χ2v) is 3.93. The molecule has 0 aromatic rings. The Hall–Kier alpha value is -0.800. The van der Waals surface area contributed by atoms with Crippen LogP contribution in [0.3, 0.4) is 0 Å². The van der Waals surface area contributed by atoms with Crippen molar-refractivity contribution in [1.82, 2.24) is 5.32 Å². The van der Waals surface area contributed by atoms with Gasteiger partial charge in [-0.15, -0.1) is 12.3 Å². The van der Waals surface area contributed by atoms with Gasteiger partial charge >= 0.3 is 12.3 Å². The molecule has 2 nitrogen and oxygen atoms in total. The van der Waals surface area contributed by atoms with E-state index in [0.717, 1.165) is 6.42 Å². The Morgan fingerprint density at radius 3 is 2.56 bits per heavy atom. The van der Waals surface area contributed by atoms with Crippen LogP contribution in [0.4, 0.5) is 17.6 Å². The van der Waals surface area contributed by atoms with Gasteiger partial charge in [0, 0.05) is 12.5 Å². The summed E-state index contributed by atoms with van der Waals surface area (Å²) in [7, 11) is 0. The van der Waals surface area contributed by atoms with Crippen molar-refractivity contribution in [3.63, 3.8) is 0 Å². The van der Waals surface area contributed by atoms with E-state index in [0.29, 0.717) is 19.4 Å². The number of nitrogens with one attached hydrogen (secondary N) is 1. The third-order valence-corrected chi connectivity index (χ3v) is 2.30. The smallest absolute Gasteiger partial charge is 0.330 e. The standard InChI is InChI=1S/C12H19F4NO/c1-3-5-6-7-10(17-4-2)8-18-9-12(15,16)11(13)14/h1,10-11,17H,4-9H2,2H3. The van der Waals surface area contributed by atoms with E-state index in [1.165, 1.54) is 0 Å². The third-order valence-electron chi connectivity index (χ3n) is 2.30. The monoisotopic (exact) mass is 269 g/mol. The van der Waals surface area contributed by atoms with Crippen LogP contribution < -0.4 is 5.32 Å². The van der Waals surface area contributed by atoms with E-state index in [1.54, 1.807) is 0 Å². The highest BCUT2D eigenvalue weighted by Gasteiger charge is 2.41. The Balaban J connectivity index is 3.93. The van der Waals surface area contributed by atoms with Gasteiger partial charge in [-0.25, -0.2) is 8.78 Å². The predicted octanol–water partition coefficient (Wildman–Crippen LogP) is 2.69. The lowest BCUT2D eigenvalue weighted by Gasteiger charge is -2.20. The van der Waals surface area contributed by atoms with E-state index in [-0.39, 0.29) is 12.6 Å². The summed E-state index contributed by atoms with van der Waals surface area (Å²) in [5.74, 6) is -1.62. The van der Waals surface area contributed by atoms with Crippen molar-refractivity contribution in [2.24, 2.45) is 0 Å². The summed E-state index contributed by atoms with van der Waals surface area (Å²) in [4.78, 5) is 0. The Kier molecular flexibility index (Phi) is 8.77. The van der Waals surface area contributed by atoms with Crippen LogP contribution in [-0.2, 0) is 4.74 Å². The molecule has 0 aliphatic rings. The maximum absolute atomic E-state index is 12.6. The van der Waals surface area contributed by atoms with E-state index in [4.69, 9.17) is 6.42 Å². The van der Waals surface area contributed by atoms with Gasteiger partial charge in [0.05, 0.1) is 6.61 Å². The summed E-state index contributed by atoms with van der Waals surface area (Å²) in [5, 5.41) is 3.03. The molecule has 1 unspecified atom stereocenters. The van der Waals surface area contributed by atoms with Crippen molar-refractivity contribution in [2.45, 2.75) is 44.6 Å². The van der Waals surface area contributed by atoms with Crippen molar-refractivity contribution < 1.29 is 22.3 Å². The van der Waals surface area contributed by atoms with Gasteiger partial charge in [0.25, 0.3) is 0 Å². The van der Waals surface area contributed by atoms with E-state index in [9.17, 15) is 17.6 Å². The highest BCUT2D eigenvalue weighted by Crippen LogP contribution is 2.22. The molecular formula is C12H19F4NO. The lowest BCUT2D eigenvalue weighted by molar-refractivity contribution is -0.167. The van der Waals surface area contributed by atoms with Crippen LogP contribution in [0.1, 0.15) is 26.2 Å². The fraction of sp³-hybridized carbons (Fsp3) is 0.833. The Bertz CT molecular complexity index is 253. The first kappa shape index (κ1) is 17.2. The number of terminal acetylenes is 1. The quantitative estimate of drug-likeness (QED) is 0.374.